The third kappa shape index (κ3) is 1.76. The minimum Gasteiger partial charge on any atom is -0.371 e. The summed E-state index contributed by atoms with van der Waals surface area (Å²) in [5.41, 5.74) is -0.0365. The zero-order chi connectivity index (χ0) is 10.2. The molecule has 4 heteroatoms. The fourth-order valence-electron chi connectivity index (χ4n) is 2.14. The lowest BCUT2D eigenvalue weighted by molar-refractivity contribution is -0.0853. The van der Waals surface area contributed by atoms with E-state index in [-0.39, 0.29) is 10.8 Å². The molecule has 2 rings (SSSR count). The molecule has 2 fully saturated rings. The zero-order valence-corrected chi connectivity index (χ0v) is 11.3. The number of epoxide rings is 2. The van der Waals surface area contributed by atoms with Crippen molar-refractivity contribution in [2.45, 2.75) is 43.6 Å². The molecule has 2 aliphatic rings. The van der Waals surface area contributed by atoms with Gasteiger partial charge in [-0.05, 0) is 12.8 Å². The Kier molecular flexibility index (Phi) is 2.72. The number of rotatable bonds is 6. The number of ether oxygens (including phenoxy) is 3. The molecule has 0 saturated carbocycles. The van der Waals surface area contributed by atoms with Crippen molar-refractivity contribution in [2.24, 2.45) is 0 Å². The fourth-order valence-corrected chi connectivity index (χ4v) is 3.14. The minimum atomic E-state index is -0.0365. The second kappa shape index (κ2) is 3.59. The molecule has 2 heterocycles. The summed E-state index contributed by atoms with van der Waals surface area (Å²) < 4.78 is 16.8. The predicted molar refractivity (Wildman–Crippen MR) is 57.6 cm³/mol. The molecule has 0 aliphatic carbocycles. The van der Waals surface area contributed by atoms with E-state index in [1.165, 1.54) is 0 Å². The summed E-state index contributed by atoms with van der Waals surface area (Å²) in [6.45, 7) is 6.90. The summed E-state index contributed by atoms with van der Waals surface area (Å²) in [5.74, 6) is 0. The van der Waals surface area contributed by atoms with Gasteiger partial charge in [0.05, 0.1) is 40.9 Å². The molecular weight excluding hydrogens is 196 g/mol. The van der Waals surface area contributed by atoms with E-state index in [9.17, 15) is 0 Å². The van der Waals surface area contributed by atoms with Gasteiger partial charge in [-0.2, -0.15) is 0 Å². The van der Waals surface area contributed by atoms with Crippen LogP contribution < -0.4 is 0 Å². The lowest BCUT2D eigenvalue weighted by atomic mass is 9.92. The van der Waals surface area contributed by atoms with Gasteiger partial charge in [0.25, 0.3) is 0 Å². The Morgan fingerprint density at radius 1 is 1.50 bits per heavy atom. The first kappa shape index (κ1) is 10.6. The molecule has 2 atom stereocenters. The molecule has 0 aromatic rings. The van der Waals surface area contributed by atoms with Gasteiger partial charge in [0.2, 0.25) is 0 Å². The van der Waals surface area contributed by atoms with Crippen LogP contribution in [0.1, 0.15) is 26.7 Å². The van der Waals surface area contributed by atoms with Crippen molar-refractivity contribution < 1.29 is 14.2 Å². The first-order valence-electron chi connectivity index (χ1n) is 5.55. The molecule has 3 nitrogen and oxygen atoms in total. The van der Waals surface area contributed by atoms with Gasteiger partial charge in [0, 0.05) is 0 Å². The summed E-state index contributed by atoms with van der Waals surface area (Å²) >= 11 is 0. The van der Waals surface area contributed by atoms with Gasteiger partial charge in [0.15, 0.2) is 0 Å². The summed E-state index contributed by atoms with van der Waals surface area (Å²) in [6.07, 6.45) is 2.44. The quantitative estimate of drug-likeness (QED) is 0.465. The van der Waals surface area contributed by atoms with Gasteiger partial charge < -0.3 is 14.2 Å². The van der Waals surface area contributed by atoms with Crippen LogP contribution in [-0.2, 0) is 14.2 Å². The molecule has 0 aromatic heterocycles. The van der Waals surface area contributed by atoms with Crippen molar-refractivity contribution in [3.63, 3.8) is 0 Å². The van der Waals surface area contributed by atoms with Crippen molar-refractivity contribution >= 4 is 10.2 Å². The van der Waals surface area contributed by atoms with Crippen LogP contribution in [0.15, 0.2) is 0 Å². The van der Waals surface area contributed by atoms with Crippen LogP contribution in [0.4, 0.5) is 0 Å². The zero-order valence-electron chi connectivity index (χ0n) is 9.34. The Hall–Kier alpha value is 0.0969. The van der Waals surface area contributed by atoms with Crippen LogP contribution in [0.2, 0.25) is 0 Å². The van der Waals surface area contributed by atoms with Crippen molar-refractivity contribution in [2.75, 3.05) is 19.8 Å². The predicted octanol–water partition coefficient (Wildman–Crippen LogP) is 0.0525. The molecule has 0 bridgehead atoms. The maximum Gasteiger partial charge on any atom is 0.104 e. The van der Waals surface area contributed by atoms with E-state index in [0.29, 0.717) is 6.10 Å². The maximum atomic E-state index is 6.06. The van der Waals surface area contributed by atoms with Gasteiger partial charge in [-0.3, -0.25) is 0 Å². The van der Waals surface area contributed by atoms with E-state index in [2.05, 4.69) is 13.8 Å². The summed E-state index contributed by atoms with van der Waals surface area (Å²) in [7, 11) is 1.06. The highest BCUT2D eigenvalue weighted by Gasteiger charge is 2.57. The normalized spacial score (nSPS) is 36.0. The largest absolute Gasteiger partial charge is 0.371 e. The van der Waals surface area contributed by atoms with Crippen LogP contribution in [0.3, 0.4) is 0 Å². The average molecular weight is 216 g/mol. The Morgan fingerprint density at radius 2 is 2.07 bits per heavy atom. The van der Waals surface area contributed by atoms with Crippen LogP contribution in [0, 0.1) is 0 Å². The van der Waals surface area contributed by atoms with E-state index in [1.807, 2.05) is 0 Å². The average Bonchev–Trinajstić information content (AvgIpc) is 3.05. The van der Waals surface area contributed by atoms with Crippen LogP contribution in [0.25, 0.3) is 0 Å². The SMILES string of the molecule is CCC(CC)(OCC1CO1)C1([SiH3])CO1. The highest BCUT2D eigenvalue weighted by atomic mass is 28.1. The molecule has 0 amide bonds. The first-order valence-corrected chi connectivity index (χ1v) is 6.55. The first-order chi connectivity index (χ1) is 6.66. The summed E-state index contributed by atoms with van der Waals surface area (Å²) in [5, 5.41) is 0.0887. The summed E-state index contributed by atoms with van der Waals surface area (Å²) in [6, 6.07) is 0. The smallest absolute Gasteiger partial charge is 0.104 e. The van der Waals surface area contributed by atoms with Crippen molar-refractivity contribution in [3.05, 3.63) is 0 Å². The van der Waals surface area contributed by atoms with Gasteiger partial charge in [-0.1, -0.05) is 13.8 Å². The highest BCUT2D eigenvalue weighted by molar-refractivity contribution is 6.17. The van der Waals surface area contributed by atoms with Crippen LogP contribution >= 0.6 is 0 Å². The molecule has 0 N–H and O–H groups in total. The molecular formula is C10H20O3Si. The van der Waals surface area contributed by atoms with Crippen molar-refractivity contribution in [1.29, 1.82) is 0 Å². The molecule has 2 unspecified atom stereocenters. The second-order valence-corrected chi connectivity index (χ2v) is 6.10. The number of hydrogen-bond acceptors (Lipinski definition) is 3. The molecule has 0 aromatic carbocycles. The lowest BCUT2D eigenvalue weighted by Gasteiger charge is -2.36. The Labute approximate surface area is 88.5 Å². The summed E-state index contributed by atoms with van der Waals surface area (Å²) in [4.78, 5) is 0. The molecule has 0 radical (unpaired) electrons. The van der Waals surface area contributed by atoms with Gasteiger partial charge >= 0.3 is 0 Å². The van der Waals surface area contributed by atoms with Gasteiger partial charge in [-0.25, -0.2) is 0 Å². The van der Waals surface area contributed by atoms with E-state index >= 15 is 0 Å². The lowest BCUT2D eigenvalue weighted by Crippen LogP contribution is -2.48. The monoisotopic (exact) mass is 216 g/mol. The molecule has 14 heavy (non-hydrogen) atoms. The topological polar surface area (TPSA) is 34.3 Å². The van der Waals surface area contributed by atoms with E-state index in [4.69, 9.17) is 14.2 Å². The van der Waals surface area contributed by atoms with Crippen LogP contribution in [0.5, 0.6) is 0 Å². The molecule has 0 spiro atoms. The van der Waals surface area contributed by atoms with E-state index in [0.717, 1.165) is 42.9 Å². The van der Waals surface area contributed by atoms with Gasteiger partial charge in [0.1, 0.15) is 6.10 Å². The molecule has 2 saturated heterocycles. The number of hydrogen-bond donors (Lipinski definition) is 0. The Morgan fingerprint density at radius 3 is 2.43 bits per heavy atom. The molecule has 82 valence electrons. The Balaban J connectivity index is 1.96. The van der Waals surface area contributed by atoms with E-state index in [1.54, 1.807) is 0 Å². The second-order valence-electron chi connectivity index (χ2n) is 4.49. The standard InChI is InChI=1S/C10H20O3Si/c1-3-9(4-2,10(14)7-13-10)12-6-8-5-11-8/h8H,3-7H2,1-2,14H3. The van der Waals surface area contributed by atoms with Crippen molar-refractivity contribution in [3.8, 4) is 0 Å². The van der Waals surface area contributed by atoms with E-state index < -0.39 is 0 Å². The third-order valence-electron chi connectivity index (χ3n) is 3.63. The third-order valence-corrected chi connectivity index (χ3v) is 5.12. The molecule has 2 aliphatic heterocycles. The van der Waals surface area contributed by atoms with Gasteiger partial charge in [-0.15, -0.1) is 0 Å². The van der Waals surface area contributed by atoms with Crippen LogP contribution in [-0.4, -0.2) is 47.0 Å². The fraction of sp³-hybridized carbons (Fsp3) is 1.00. The Bertz CT molecular complexity index is 207. The maximum absolute atomic E-state index is 6.06. The minimum absolute atomic E-state index is 0.0365. The highest BCUT2D eigenvalue weighted by Crippen LogP contribution is 2.43. The van der Waals surface area contributed by atoms with Crippen molar-refractivity contribution in [1.82, 2.24) is 0 Å².